The summed E-state index contributed by atoms with van der Waals surface area (Å²) in [5.41, 5.74) is 0.775. The number of rotatable bonds is 6. The summed E-state index contributed by atoms with van der Waals surface area (Å²) in [5, 5.41) is 0.654. The number of nitrogens with zero attached hydrogens (tertiary/aromatic N) is 1. The Kier molecular flexibility index (Phi) is 5.05. The Labute approximate surface area is 174 Å². The lowest BCUT2D eigenvalue weighted by atomic mass is 10.1. The van der Waals surface area contributed by atoms with Gasteiger partial charge in [0.2, 0.25) is 5.78 Å². The molecule has 0 atom stereocenters. The standard InChI is InChI=1S/C23H19NO5S/c1-28-21-13-12-17(15-22(21)29-2)23(25)20-14-16-8-6-7-11-19(16)24(20)30(26,27)18-9-4-3-5-10-18/h3-15H,1-2H3. The molecule has 4 rings (SSSR count). The van der Waals surface area contributed by atoms with Crippen molar-refractivity contribution in [3.05, 3.63) is 90.1 Å². The minimum absolute atomic E-state index is 0.0484. The van der Waals surface area contributed by atoms with Crippen LogP contribution in [0.15, 0.2) is 83.8 Å². The molecular weight excluding hydrogens is 402 g/mol. The van der Waals surface area contributed by atoms with Crippen LogP contribution in [0, 0.1) is 0 Å². The molecule has 0 spiro atoms. The van der Waals surface area contributed by atoms with Crippen molar-refractivity contribution in [3.63, 3.8) is 0 Å². The summed E-state index contributed by atoms with van der Waals surface area (Å²) >= 11 is 0. The molecule has 30 heavy (non-hydrogen) atoms. The zero-order valence-corrected chi connectivity index (χ0v) is 17.2. The summed E-state index contributed by atoms with van der Waals surface area (Å²) in [7, 11) is -1.02. The van der Waals surface area contributed by atoms with Crippen molar-refractivity contribution in [2.24, 2.45) is 0 Å². The number of carbonyl (C=O) groups is 1. The molecule has 1 aromatic heterocycles. The monoisotopic (exact) mass is 421 g/mol. The van der Waals surface area contributed by atoms with Crippen molar-refractivity contribution in [2.45, 2.75) is 4.90 Å². The van der Waals surface area contributed by atoms with Crippen LogP contribution in [0.4, 0.5) is 0 Å². The third-order valence-electron chi connectivity index (χ3n) is 4.83. The van der Waals surface area contributed by atoms with E-state index in [9.17, 15) is 13.2 Å². The fourth-order valence-electron chi connectivity index (χ4n) is 3.37. The lowest BCUT2D eigenvalue weighted by Crippen LogP contribution is -2.19. The van der Waals surface area contributed by atoms with Gasteiger partial charge in [0.1, 0.15) is 5.69 Å². The summed E-state index contributed by atoms with van der Waals surface area (Å²) in [6.45, 7) is 0. The molecule has 0 bridgehead atoms. The first kappa shape index (κ1) is 19.7. The van der Waals surface area contributed by atoms with Gasteiger partial charge in [0, 0.05) is 10.9 Å². The molecule has 152 valence electrons. The molecule has 0 saturated heterocycles. The van der Waals surface area contributed by atoms with Crippen molar-refractivity contribution < 1.29 is 22.7 Å². The largest absolute Gasteiger partial charge is 0.493 e. The zero-order chi connectivity index (χ0) is 21.3. The maximum absolute atomic E-state index is 13.5. The topological polar surface area (TPSA) is 74.6 Å². The molecule has 0 N–H and O–H groups in total. The van der Waals surface area contributed by atoms with E-state index in [0.717, 1.165) is 3.97 Å². The molecule has 0 unspecified atom stereocenters. The molecule has 6 nitrogen and oxygen atoms in total. The summed E-state index contributed by atoms with van der Waals surface area (Å²) in [4.78, 5) is 13.5. The molecule has 0 radical (unpaired) electrons. The van der Waals surface area contributed by atoms with E-state index in [1.54, 1.807) is 60.7 Å². The molecule has 4 aromatic rings. The fraction of sp³-hybridized carbons (Fsp3) is 0.0870. The van der Waals surface area contributed by atoms with E-state index in [1.165, 1.54) is 32.4 Å². The Morgan fingerprint density at radius 2 is 1.47 bits per heavy atom. The van der Waals surface area contributed by atoms with Gasteiger partial charge in [0.15, 0.2) is 11.5 Å². The highest BCUT2D eigenvalue weighted by Gasteiger charge is 2.27. The summed E-state index contributed by atoms with van der Waals surface area (Å²) < 4.78 is 38.5. The van der Waals surface area contributed by atoms with Crippen molar-refractivity contribution in [2.75, 3.05) is 14.2 Å². The molecule has 3 aromatic carbocycles. The van der Waals surface area contributed by atoms with E-state index in [-0.39, 0.29) is 10.6 Å². The smallest absolute Gasteiger partial charge is 0.268 e. The minimum Gasteiger partial charge on any atom is -0.493 e. The number of carbonyl (C=O) groups excluding carboxylic acids is 1. The number of hydrogen-bond acceptors (Lipinski definition) is 5. The average molecular weight is 421 g/mol. The van der Waals surface area contributed by atoms with Crippen LogP contribution in [0.3, 0.4) is 0 Å². The minimum atomic E-state index is -3.99. The van der Waals surface area contributed by atoms with Gasteiger partial charge in [-0.25, -0.2) is 12.4 Å². The van der Waals surface area contributed by atoms with E-state index in [0.29, 0.717) is 28.0 Å². The van der Waals surface area contributed by atoms with E-state index in [2.05, 4.69) is 0 Å². The normalized spacial score (nSPS) is 11.4. The molecule has 0 aliphatic heterocycles. The van der Waals surface area contributed by atoms with E-state index in [4.69, 9.17) is 9.47 Å². The second-order valence-electron chi connectivity index (χ2n) is 6.57. The van der Waals surface area contributed by atoms with Crippen LogP contribution in [0.25, 0.3) is 10.9 Å². The van der Waals surface area contributed by atoms with Gasteiger partial charge in [-0.2, -0.15) is 0 Å². The number of hydrogen-bond donors (Lipinski definition) is 0. The van der Waals surface area contributed by atoms with Crippen molar-refractivity contribution >= 4 is 26.7 Å². The molecule has 1 heterocycles. The number of para-hydroxylation sites is 1. The van der Waals surface area contributed by atoms with Crippen LogP contribution < -0.4 is 9.47 Å². The van der Waals surface area contributed by atoms with Crippen molar-refractivity contribution in [3.8, 4) is 11.5 Å². The van der Waals surface area contributed by atoms with Crippen LogP contribution >= 0.6 is 0 Å². The van der Waals surface area contributed by atoms with Gasteiger partial charge < -0.3 is 9.47 Å². The van der Waals surface area contributed by atoms with E-state index >= 15 is 0 Å². The lowest BCUT2D eigenvalue weighted by Gasteiger charge is -2.13. The first-order chi connectivity index (χ1) is 14.5. The number of methoxy groups -OCH3 is 2. The predicted octanol–water partition coefficient (Wildman–Crippen LogP) is 4.13. The van der Waals surface area contributed by atoms with E-state index < -0.39 is 15.8 Å². The van der Waals surface area contributed by atoms with Crippen LogP contribution in [0.5, 0.6) is 11.5 Å². The predicted molar refractivity (Wildman–Crippen MR) is 114 cm³/mol. The maximum atomic E-state index is 13.5. The number of fused-ring (bicyclic) bond motifs is 1. The Bertz CT molecular complexity index is 1340. The van der Waals surface area contributed by atoms with E-state index in [1.807, 2.05) is 0 Å². The molecule has 0 amide bonds. The van der Waals surface area contributed by atoms with Gasteiger partial charge in [-0.05, 0) is 42.5 Å². The third kappa shape index (κ3) is 3.23. The van der Waals surface area contributed by atoms with Gasteiger partial charge in [-0.15, -0.1) is 0 Å². The van der Waals surface area contributed by atoms with Crippen LogP contribution in [0.2, 0.25) is 0 Å². The highest BCUT2D eigenvalue weighted by Crippen LogP contribution is 2.31. The molecule has 7 heteroatoms. The van der Waals surface area contributed by atoms with Crippen molar-refractivity contribution in [1.82, 2.24) is 3.97 Å². The quantitative estimate of drug-likeness (QED) is 0.438. The second-order valence-corrected chi connectivity index (χ2v) is 8.36. The number of benzene rings is 3. The maximum Gasteiger partial charge on any atom is 0.268 e. The van der Waals surface area contributed by atoms with Gasteiger partial charge in [0.05, 0.1) is 24.6 Å². The highest BCUT2D eigenvalue weighted by molar-refractivity contribution is 7.90. The SMILES string of the molecule is COc1ccc(C(=O)c2cc3ccccc3n2S(=O)(=O)c2ccccc2)cc1OC. The van der Waals surface area contributed by atoms with Crippen LogP contribution in [-0.2, 0) is 10.0 Å². The molecule has 0 fully saturated rings. The van der Waals surface area contributed by atoms with Gasteiger partial charge in [0.25, 0.3) is 10.0 Å². The van der Waals surface area contributed by atoms with Gasteiger partial charge in [-0.3, -0.25) is 4.79 Å². The molecule has 0 aliphatic carbocycles. The first-order valence-electron chi connectivity index (χ1n) is 9.15. The molecule has 0 saturated carbocycles. The Hall–Kier alpha value is -3.58. The highest BCUT2D eigenvalue weighted by atomic mass is 32.2. The zero-order valence-electron chi connectivity index (χ0n) is 16.4. The Morgan fingerprint density at radius 3 is 2.17 bits per heavy atom. The fourth-order valence-corrected chi connectivity index (χ4v) is 4.90. The number of ketones is 1. The Morgan fingerprint density at radius 1 is 0.800 bits per heavy atom. The number of aromatic nitrogens is 1. The first-order valence-corrected chi connectivity index (χ1v) is 10.6. The number of ether oxygens (including phenoxy) is 2. The molecule has 0 aliphatic rings. The second kappa shape index (κ2) is 7.68. The summed E-state index contributed by atoms with van der Waals surface area (Å²) in [6.07, 6.45) is 0. The summed E-state index contributed by atoms with van der Waals surface area (Å²) in [5.74, 6) is 0.426. The lowest BCUT2D eigenvalue weighted by molar-refractivity contribution is 0.103. The average Bonchev–Trinajstić information content (AvgIpc) is 3.19. The van der Waals surface area contributed by atoms with Crippen molar-refractivity contribution in [1.29, 1.82) is 0 Å². The van der Waals surface area contributed by atoms with Gasteiger partial charge >= 0.3 is 0 Å². The van der Waals surface area contributed by atoms with Crippen LogP contribution in [0.1, 0.15) is 16.1 Å². The Balaban J connectivity index is 1.95. The molecular formula is C23H19NO5S. The third-order valence-corrected chi connectivity index (χ3v) is 6.57. The summed E-state index contributed by atoms with van der Waals surface area (Å²) in [6, 6.07) is 21.4. The van der Waals surface area contributed by atoms with Crippen LogP contribution in [-0.4, -0.2) is 32.4 Å². The van der Waals surface area contributed by atoms with Gasteiger partial charge in [-0.1, -0.05) is 36.4 Å².